The summed E-state index contributed by atoms with van der Waals surface area (Å²) >= 11 is 1.55. The van der Waals surface area contributed by atoms with Crippen LogP contribution in [0.3, 0.4) is 0 Å². The summed E-state index contributed by atoms with van der Waals surface area (Å²) < 4.78 is 32.7. The Morgan fingerprint density at radius 2 is 2.20 bits per heavy atom. The second-order valence-corrected chi connectivity index (χ2v) is 8.77. The Labute approximate surface area is 151 Å². The van der Waals surface area contributed by atoms with Gasteiger partial charge in [-0.3, -0.25) is 4.79 Å². The maximum atomic E-state index is 12.5. The van der Waals surface area contributed by atoms with E-state index < -0.39 is 10.0 Å². The molecule has 1 aliphatic heterocycles. The lowest BCUT2D eigenvalue weighted by atomic mass is 10.2. The monoisotopic (exact) mass is 380 g/mol. The van der Waals surface area contributed by atoms with E-state index in [-0.39, 0.29) is 16.7 Å². The summed E-state index contributed by atoms with van der Waals surface area (Å²) in [5.41, 5.74) is 0.554. The van der Waals surface area contributed by atoms with E-state index in [4.69, 9.17) is 4.42 Å². The Bertz CT molecular complexity index is 848. The van der Waals surface area contributed by atoms with Crippen LogP contribution in [0.25, 0.3) is 0 Å². The van der Waals surface area contributed by atoms with Crippen molar-refractivity contribution in [3.05, 3.63) is 42.4 Å². The molecule has 0 radical (unpaired) electrons. The van der Waals surface area contributed by atoms with Crippen molar-refractivity contribution in [1.29, 1.82) is 0 Å². The van der Waals surface area contributed by atoms with Crippen LogP contribution in [-0.2, 0) is 21.2 Å². The van der Waals surface area contributed by atoms with Crippen LogP contribution in [0.5, 0.6) is 0 Å². The highest BCUT2D eigenvalue weighted by Crippen LogP contribution is 2.34. The third-order valence-corrected chi connectivity index (χ3v) is 6.72. The van der Waals surface area contributed by atoms with Crippen LogP contribution in [0, 0.1) is 5.92 Å². The Balaban J connectivity index is 1.66. The number of aryl methyl sites for hydroxylation is 1. The van der Waals surface area contributed by atoms with E-state index in [9.17, 15) is 13.2 Å². The molecule has 2 N–H and O–H groups in total. The smallest absolute Gasteiger partial charge is 0.240 e. The largest absolute Gasteiger partial charge is 0.469 e. The van der Waals surface area contributed by atoms with Gasteiger partial charge in [-0.05, 0) is 36.8 Å². The number of sulfonamides is 1. The van der Waals surface area contributed by atoms with E-state index in [2.05, 4.69) is 10.0 Å². The minimum absolute atomic E-state index is 0.0906. The fourth-order valence-electron chi connectivity index (χ4n) is 2.45. The maximum Gasteiger partial charge on any atom is 0.240 e. The molecule has 3 rings (SSSR count). The van der Waals surface area contributed by atoms with E-state index in [1.165, 1.54) is 6.07 Å². The van der Waals surface area contributed by atoms with E-state index in [0.717, 1.165) is 10.7 Å². The number of anilines is 1. The zero-order valence-electron chi connectivity index (χ0n) is 13.8. The summed E-state index contributed by atoms with van der Waals surface area (Å²) in [4.78, 5) is 13.0. The number of rotatable bonds is 6. The molecule has 0 spiro atoms. The van der Waals surface area contributed by atoms with Gasteiger partial charge in [0, 0.05) is 29.5 Å². The Morgan fingerprint density at radius 1 is 1.36 bits per heavy atom. The highest BCUT2D eigenvalue weighted by molar-refractivity contribution is 7.99. The summed E-state index contributed by atoms with van der Waals surface area (Å²) in [7, 11) is -3.62. The molecular formula is C17H20N2O4S2. The molecule has 0 saturated heterocycles. The Morgan fingerprint density at radius 3 is 2.96 bits per heavy atom. The number of carbonyl (C=O) groups is 1. The van der Waals surface area contributed by atoms with Gasteiger partial charge in [-0.1, -0.05) is 6.92 Å². The molecule has 2 aromatic rings. The molecule has 134 valence electrons. The first-order valence-electron chi connectivity index (χ1n) is 8.05. The fraction of sp³-hybridized carbons (Fsp3) is 0.353. The average Bonchev–Trinajstić information content (AvgIpc) is 3.05. The molecule has 2 heterocycles. The molecule has 25 heavy (non-hydrogen) atoms. The normalized spacial score (nSPS) is 17.6. The van der Waals surface area contributed by atoms with Gasteiger partial charge in [-0.2, -0.15) is 0 Å². The number of carbonyl (C=O) groups excluding carboxylic acids is 1. The lowest BCUT2D eigenvalue weighted by Gasteiger charge is -2.11. The highest BCUT2D eigenvalue weighted by Gasteiger charge is 2.22. The van der Waals surface area contributed by atoms with E-state index in [1.54, 1.807) is 30.2 Å². The van der Waals surface area contributed by atoms with Gasteiger partial charge in [0.1, 0.15) is 5.76 Å². The lowest BCUT2D eigenvalue weighted by molar-refractivity contribution is -0.118. The number of hydrogen-bond acceptors (Lipinski definition) is 5. The topological polar surface area (TPSA) is 88.4 Å². The van der Waals surface area contributed by atoms with Crippen LogP contribution in [-0.4, -0.2) is 26.6 Å². The molecule has 0 fully saturated rings. The number of amides is 1. The molecule has 0 bridgehead atoms. The molecular weight excluding hydrogens is 360 g/mol. The number of thioether (sulfide) groups is 1. The summed E-state index contributed by atoms with van der Waals surface area (Å²) in [6, 6.07) is 8.51. The molecule has 0 saturated carbocycles. The van der Waals surface area contributed by atoms with Crippen LogP contribution in [0.4, 0.5) is 5.69 Å². The minimum Gasteiger partial charge on any atom is -0.469 e. The van der Waals surface area contributed by atoms with E-state index >= 15 is 0 Å². The van der Waals surface area contributed by atoms with Crippen molar-refractivity contribution in [3.8, 4) is 0 Å². The zero-order valence-corrected chi connectivity index (χ0v) is 15.5. The molecule has 1 atom stereocenters. The van der Waals surface area contributed by atoms with Crippen LogP contribution < -0.4 is 10.0 Å². The second-order valence-electron chi connectivity index (χ2n) is 5.94. The van der Waals surface area contributed by atoms with Gasteiger partial charge in [0.15, 0.2) is 0 Å². The predicted molar refractivity (Wildman–Crippen MR) is 97.2 cm³/mol. The van der Waals surface area contributed by atoms with Crippen molar-refractivity contribution in [2.75, 3.05) is 17.6 Å². The minimum atomic E-state index is -3.62. The molecule has 1 amide bonds. The molecule has 1 aromatic carbocycles. The van der Waals surface area contributed by atoms with Gasteiger partial charge in [0.25, 0.3) is 0 Å². The van der Waals surface area contributed by atoms with Gasteiger partial charge in [0.2, 0.25) is 15.9 Å². The average molecular weight is 380 g/mol. The number of nitrogens with one attached hydrogen (secondary N) is 2. The van der Waals surface area contributed by atoms with Gasteiger partial charge in [0.05, 0.1) is 16.8 Å². The Hall–Kier alpha value is -1.77. The fourth-order valence-corrected chi connectivity index (χ4v) is 4.56. The molecule has 1 aliphatic rings. The number of hydrogen-bond donors (Lipinski definition) is 2. The first-order valence-corrected chi connectivity index (χ1v) is 10.5. The lowest BCUT2D eigenvalue weighted by Crippen LogP contribution is -2.25. The molecule has 0 aliphatic carbocycles. The number of fused-ring (bicyclic) bond motifs is 1. The maximum absolute atomic E-state index is 12.5. The number of benzene rings is 1. The van der Waals surface area contributed by atoms with Crippen molar-refractivity contribution in [3.63, 3.8) is 0 Å². The van der Waals surface area contributed by atoms with Crippen LogP contribution in [0.15, 0.2) is 50.8 Å². The zero-order chi connectivity index (χ0) is 17.9. The highest BCUT2D eigenvalue weighted by atomic mass is 32.2. The van der Waals surface area contributed by atoms with Gasteiger partial charge >= 0.3 is 0 Å². The van der Waals surface area contributed by atoms with E-state index in [0.29, 0.717) is 30.8 Å². The third-order valence-electron chi connectivity index (χ3n) is 3.93. The van der Waals surface area contributed by atoms with Crippen molar-refractivity contribution in [2.45, 2.75) is 29.6 Å². The standard InChI is InChI=1S/C17H20N2O4S2/c1-12-11-24-16-7-6-14(10-15(16)19-17(12)20)25(21,22)18-8-2-4-13-5-3-9-23-13/h3,5-7,9-10,12,18H,2,4,8,11H2,1H3,(H,19,20)/t12-/m1/s1. The first kappa shape index (κ1) is 18.0. The summed E-state index contributed by atoms with van der Waals surface area (Å²) in [6.07, 6.45) is 2.91. The second kappa shape index (κ2) is 7.63. The SMILES string of the molecule is C[C@@H]1CSc2ccc(S(=O)(=O)NCCCc3ccco3)cc2NC1=O. The first-order chi connectivity index (χ1) is 12.0. The summed E-state index contributed by atoms with van der Waals surface area (Å²) in [6.45, 7) is 2.17. The van der Waals surface area contributed by atoms with Crippen molar-refractivity contribution < 1.29 is 17.6 Å². The molecule has 1 aromatic heterocycles. The number of furan rings is 1. The van der Waals surface area contributed by atoms with Gasteiger partial charge < -0.3 is 9.73 Å². The van der Waals surface area contributed by atoms with Crippen molar-refractivity contribution in [1.82, 2.24) is 4.72 Å². The van der Waals surface area contributed by atoms with Crippen LogP contribution in [0.1, 0.15) is 19.1 Å². The predicted octanol–water partition coefficient (Wildman–Crippen LogP) is 2.87. The van der Waals surface area contributed by atoms with Crippen molar-refractivity contribution >= 4 is 33.4 Å². The van der Waals surface area contributed by atoms with Crippen LogP contribution >= 0.6 is 11.8 Å². The van der Waals surface area contributed by atoms with E-state index in [1.807, 2.05) is 19.1 Å². The van der Waals surface area contributed by atoms with Gasteiger partial charge in [-0.25, -0.2) is 13.1 Å². The van der Waals surface area contributed by atoms with Gasteiger partial charge in [-0.15, -0.1) is 11.8 Å². The van der Waals surface area contributed by atoms with Crippen LogP contribution in [0.2, 0.25) is 0 Å². The molecule has 6 nitrogen and oxygen atoms in total. The Kier molecular flexibility index (Phi) is 5.51. The van der Waals surface area contributed by atoms with Crippen molar-refractivity contribution in [2.24, 2.45) is 5.92 Å². The molecule has 8 heteroatoms. The summed E-state index contributed by atoms with van der Waals surface area (Å²) in [5.74, 6) is 1.30. The third kappa shape index (κ3) is 4.45. The molecule has 0 unspecified atom stereocenters. The summed E-state index contributed by atoms with van der Waals surface area (Å²) in [5, 5.41) is 2.81. The quantitative estimate of drug-likeness (QED) is 0.753.